The highest BCUT2D eigenvalue weighted by molar-refractivity contribution is 14.0. The number of hydrogen-bond donors (Lipinski definition) is 1. The summed E-state index contributed by atoms with van der Waals surface area (Å²) in [5, 5.41) is 0. The highest BCUT2D eigenvalue weighted by atomic mass is 127. The van der Waals surface area contributed by atoms with Crippen LogP contribution in [0.2, 0.25) is 0 Å². The van der Waals surface area contributed by atoms with E-state index in [1.807, 2.05) is 13.8 Å². The zero-order valence-electron chi connectivity index (χ0n) is 12.1. The molecule has 0 amide bonds. The fraction of sp³-hybridized carbons (Fsp3) is 0.846. The van der Waals surface area contributed by atoms with Crippen molar-refractivity contribution in [1.82, 2.24) is 4.90 Å². The van der Waals surface area contributed by atoms with Crippen LogP contribution >= 0.6 is 24.0 Å². The van der Waals surface area contributed by atoms with Crippen molar-refractivity contribution in [1.29, 1.82) is 0 Å². The number of aliphatic imine (C=N–C) groups is 1. The lowest BCUT2D eigenvalue weighted by Crippen LogP contribution is -2.42. The number of halogens is 1. The molecule has 0 aromatic rings. The minimum Gasteiger partial charge on any atom is -0.463 e. The van der Waals surface area contributed by atoms with Gasteiger partial charge >= 0.3 is 5.97 Å². The van der Waals surface area contributed by atoms with Gasteiger partial charge in [-0.05, 0) is 32.6 Å². The molecule has 0 aliphatic carbocycles. The van der Waals surface area contributed by atoms with Crippen LogP contribution in [0.25, 0.3) is 0 Å². The van der Waals surface area contributed by atoms with Gasteiger partial charge in [-0.2, -0.15) is 0 Å². The molecule has 0 aromatic carbocycles. The van der Waals surface area contributed by atoms with Gasteiger partial charge in [0.25, 0.3) is 0 Å². The summed E-state index contributed by atoms with van der Waals surface area (Å²) in [6.45, 7) is 8.27. The number of likely N-dealkylation sites (tertiary alicyclic amines) is 1. The van der Waals surface area contributed by atoms with Crippen LogP contribution in [0.15, 0.2) is 4.99 Å². The maximum absolute atomic E-state index is 11.3. The standard InChI is InChI=1S/C13H25N3O2.HI/c1-10(2)18-12(17)4-7-15-13(14)16-8-5-11(3)6-9-16;/h10-11H,4-9H2,1-3H3,(H2,14,15);1H. The van der Waals surface area contributed by atoms with E-state index in [-0.39, 0.29) is 36.0 Å². The molecule has 19 heavy (non-hydrogen) atoms. The summed E-state index contributed by atoms with van der Waals surface area (Å²) >= 11 is 0. The summed E-state index contributed by atoms with van der Waals surface area (Å²) in [6.07, 6.45) is 2.54. The molecular formula is C13H26IN3O2. The minimum atomic E-state index is -0.214. The van der Waals surface area contributed by atoms with Gasteiger partial charge in [0.05, 0.1) is 19.1 Å². The monoisotopic (exact) mass is 383 g/mol. The maximum Gasteiger partial charge on any atom is 0.307 e. The van der Waals surface area contributed by atoms with E-state index in [1.165, 1.54) is 0 Å². The first-order valence-electron chi connectivity index (χ1n) is 6.73. The Morgan fingerprint density at radius 2 is 2.00 bits per heavy atom. The largest absolute Gasteiger partial charge is 0.463 e. The molecule has 0 bridgehead atoms. The lowest BCUT2D eigenvalue weighted by Gasteiger charge is -2.31. The Morgan fingerprint density at radius 3 is 2.53 bits per heavy atom. The second-order valence-electron chi connectivity index (χ2n) is 5.20. The molecule has 5 nitrogen and oxygen atoms in total. The van der Waals surface area contributed by atoms with E-state index in [0.717, 1.165) is 31.8 Å². The second kappa shape index (κ2) is 9.39. The number of hydrogen-bond acceptors (Lipinski definition) is 3. The lowest BCUT2D eigenvalue weighted by atomic mass is 10.00. The molecule has 1 aliphatic heterocycles. The van der Waals surface area contributed by atoms with Gasteiger partial charge in [0.15, 0.2) is 5.96 Å². The Hall–Kier alpha value is -0.530. The molecule has 1 rings (SSSR count). The van der Waals surface area contributed by atoms with Crippen LogP contribution in [-0.2, 0) is 9.53 Å². The van der Waals surface area contributed by atoms with Crippen LogP contribution < -0.4 is 5.73 Å². The minimum absolute atomic E-state index is 0. The molecule has 2 N–H and O–H groups in total. The average molecular weight is 383 g/mol. The van der Waals surface area contributed by atoms with Crippen molar-refractivity contribution in [2.75, 3.05) is 19.6 Å². The number of esters is 1. The van der Waals surface area contributed by atoms with E-state index < -0.39 is 0 Å². The van der Waals surface area contributed by atoms with Gasteiger partial charge < -0.3 is 15.4 Å². The summed E-state index contributed by atoms with van der Waals surface area (Å²) in [5.41, 5.74) is 5.91. The van der Waals surface area contributed by atoms with E-state index in [1.54, 1.807) is 0 Å². The number of carbonyl (C=O) groups is 1. The fourth-order valence-corrected chi connectivity index (χ4v) is 1.92. The van der Waals surface area contributed by atoms with Crippen LogP contribution in [0, 0.1) is 5.92 Å². The van der Waals surface area contributed by atoms with Crippen molar-refractivity contribution in [3.63, 3.8) is 0 Å². The summed E-state index contributed by atoms with van der Waals surface area (Å²) in [6, 6.07) is 0. The van der Waals surface area contributed by atoms with Crippen molar-refractivity contribution in [3.8, 4) is 0 Å². The number of ether oxygens (including phenoxy) is 1. The first-order chi connectivity index (χ1) is 8.49. The molecule has 0 radical (unpaired) electrons. The van der Waals surface area contributed by atoms with Gasteiger partial charge in [0.1, 0.15) is 0 Å². The molecule has 0 aromatic heterocycles. The Kier molecular flexibility index (Phi) is 9.12. The summed E-state index contributed by atoms with van der Waals surface area (Å²) in [5.74, 6) is 1.11. The van der Waals surface area contributed by atoms with Crippen molar-refractivity contribution in [3.05, 3.63) is 0 Å². The Labute approximate surface area is 133 Å². The first kappa shape index (κ1) is 18.5. The number of piperidine rings is 1. The molecule has 112 valence electrons. The van der Waals surface area contributed by atoms with Gasteiger partial charge in [-0.15, -0.1) is 24.0 Å². The quantitative estimate of drug-likeness (QED) is 0.349. The molecule has 0 spiro atoms. The third-order valence-corrected chi connectivity index (χ3v) is 3.06. The molecule has 0 unspecified atom stereocenters. The topological polar surface area (TPSA) is 67.9 Å². The van der Waals surface area contributed by atoms with Crippen molar-refractivity contribution < 1.29 is 9.53 Å². The van der Waals surface area contributed by atoms with E-state index in [4.69, 9.17) is 10.5 Å². The molecule has 6 heteroatoms. The first-order valence-corrected chi connectivity index (χ1v) is 6.73. The zero-order chi connectivity index (χ0) is 13.5. The fourth-order valence-electron chi connectivity index (χ4n) is 1.92. The number of carbonyl (C=O) groups excluding carboxylic acids is 1. The van der Waals surface area contributed by atoms with Crippen LogP contribution in [0.1, 0.15) is 40.0 Å². The van der Waals surface area contributed by atoms with Crippen LogP contribution in [0.5, 0.6) is 0 Å². The highest BCUT2D eigenvalue weighted by Crippen LogP contribution is 2.15. The van der Waals surface area contributed by atoms with Crippen LogP contribution in [-0.4, -0.2) is 42.6 Å². The molecule has 1 fully saturated rings. The third-order valence-electron chi connectivity index (χ3n) is 3.06. The molecule has 0 atom stereocenters. The number of rotatable bonds is 4. The number of guanidine groups is 1. The van der Waals surface area contributed by atoms with E-state index in [0.29, 0.717) is 18.9 Å². The molecule has 1 saturated heterocycles. The van der Waals surface area contributed by atoms with Crippen molar-refractivity contribution >= 4 is 35.9 Å². The van der Waals surface area contributed by atoms with Crippen LogP contribution in [0.4, 0.5) is 0 Å². The predicted molar refractivity (Wildman–Crippen MR) is 87.7 cm³/mol. The Bertz CT molecular complexity index is 300. The molecule has 1 aliphatic rings. The Balaban J connectivity index is 0.00000324. The smallest absolute Gasteiger partial charge is 0.307 e. The van der Waals surface area contributed by atoms with E-state index >= 15 is 0 Å². The highest BCUT2D eigenvalue weighted by Gasteiger charge is 2.16. The Morgan fingerprint density at radius 1 is 1.42 bits per heavy atom. The average Bonchev–Trinajstić information content (AvgIpc) is 2.28. The summed E-state index contributed by atoms with van der Waals surface area (Å²) < 4.78 is 5.03. The molecule has 1 heterocycles. The summed E-state index contributed by atoms with van der Waals surface area (Å²) in [4.78, 5) is 17.6. The van der Waals surface area contributed by atoms with E-state index in [9.17, 15) is 4.79 Å². The van der Waals surface area contributed by atoms with Gasteiger partial charge in [-0.1, -0.05) is 6.92 Å². The van der Waals surface area contributed by atoms with Gasteiger partial charge in [0.2, 0.25) is 0 Å². The number of nitrogens with zero attached hydrogens (tertiary/aromatic N) is 2. The van der Waals surface area contributed by atoms with Crippen molar-refractivity contribution in [2.45, 2.75) is 46.1 Å². The maximum atomic E-state index is 11.3. The van der Waals surface area contributed by atoms with Gasteiger partial charge in [-0.25, -0.2) is 0 Å². The van der Waals surface area contributed by atoms with Gasteiger partial charge in [-0.3, -0.25) is 9.79 Å². The van der Waals surface area contributed by atoms with Crippen molar-refractivity contribution in [2.24, 2.45) is 16.6 Å². The number of nitrogens with two attached hydrogens (primary N) is 1. The normalized spacial score (nSPS) is 17.3. The van der Waals surface area contributed by atoms with Crippen LogP contribution in [0.3, 0.4) is 0 Å². The SMILES string of the molecule is CC1CCN(C(N)=NCCC(=O)OC(C)C)CC1.I. The predicted octanol–water partition coefficient (Wildman–Crippen LogP) is 1.99. The third kappa shape index (κ3) is 7.59. The lowest BCUT2D eigenvalue weighted by molar-refractivity contribution is -0.147. The molecule has 0 saturated carbocycles. The second-order valence-corrected chi connectivity index (χ2v) is 5.20. The van der Waals surface area contributed by atoms with Gasteiger partial charge in [0, 0.05) is 13.1 Å². The zero-order valence-corrected chi connectivity index (χ0v) is 14.4. The molecular weight excluding hydrogens is 357 g/mol. The summed E-state index contributed by atoms with van der Waals surface area (Å²) in [7, 11) is 0. The van der Waals surface area contributed by atoms with E-state index in [2.05, 4.69) is 16.8 Å².